The summed E-state index contributed by atoms with van der Waals surface area (Å²) in [6.45, 7) is 0. The number of carbonyl (C=O) groups excluding carboxylic acids is 1. The summed E-state index contributed by atoms with van der Waals surface area (Å²) in [7, 11) is 0. The van der Waals surface area contributed by atoms with E-state index in [9.17, 15) is 4.79 Å². The lowest BCUT2D eigenvalue weighted by Crippen LogP contribution is -2.05. The van der Waals surface area contributed by atoms with Gasteiger partial charge in [-0.25, -0.2) is 0 Å². The summed E-state index contributed by atoms with van der Waals surface area (Å²) in [4.78, 5) is 10.4. The predicted octanol–water partition coefficient (Wildman–Crippen LogP) is 1.42. The Kier molecular flexibility index (Phi) is 2.93. The highest BCUT2D eigenvalue weighted by Crippen LogP contribution is 2.18. The molecule has 68 valence electrons. The Morgan fingerprint density at radius 3 is 2.69 bits per heavy atom. The SMILES string of the molecule is NC(=O)C=Cc1ccc(Cl)cc1N. The lowest BCUT2D eigenvalue weighted by atomic mass is 10.1. The van der Waals surface area contributed by atoms with Crippen molar-refractivity contribution in [2.24, 2.45) is 5.73 Å². The van der Waals surface area contributed by atoms with Crippen molar-refractivity contribution in [1.29, 1.82) is 0 Å². The largest absolute Gasteiger partial charge is 0.398 e. The summed E-state index contributed by atoms with van der Waals surface area (Å²) in [5.74, 6) is -0.505. The lowest BCUT2D eigenvalue weighted by molar-refractivity contribution is -0.113. The number of primary amides is 1. The first-order valence-corrected chi connectivity index (χ1v) is 4.00. The van der Waals surface area contributed by atoms with Crippen molar-refractivity contribution in [1.82, 2.24) is 0 Å². The van der Waals surface area contributed by atoms with E-state index in [0.29, 0.717) is 10.7 Å². The summed E-state index contributed by atoms with van der Waals surface area (Å²) in [6.07, 6.45) is 2.80. The number of carbonyl (C=O) groups is 1. The van der Waals surface area contributed by atoms with Crippen LogP contribution >= 0.6 is 11.6 Å². The molecule has 0 aliphatic heterocycles. The summed E-state index contributed by atoms with van der Waals surface area (Å²) < 4.78 is 0. The Hall–Kier alpha value is -1.48. The average molecular weight is 197 g/mol. The maximum Gasteiger partial charge on any atom is 0.241 e. The lowest BCUT2D eigenvalue weighted by Gasteiger charge is -1.99. The number of nitrogen functional groups attached to an aromatic ring is 1. The first-order valence-electron chi connectivity index (χ1n) is 3.62. The molecule has 0 saturated heterocycles. The van der Waals surface area contributed by atoms with E-state index in [4.69, 9.17) is 23.1 Å². The second-order valence-electron chi connectivity index (χ2n) is 2.51. The molecule has 13 heavy (non-hydrogen) atoms. The van der Waals surface area contributed by atoms with Crippen LogP contribution in [0, 0.1) is 0 Å². The molecule has 0 heterocycles. The van der Waals surface area contributed by atoms with Gasteiger partial charge in [0.15, 0.2) is 0 Å². The van der Waals surface area contributed by atoms with Crippen LogP contribution in [0.1, 0.15) is 5.56 Å². The number of rotatable bonds is 2. The van der Waals surface area contributed by atoms with Gasteiger partial charge in [-0.05, 0) is 23.8 Å². The molecule has 1 rings (SSSR count). The highest BCUT2D eigenvalue weighted by atomic mass is 35.5. The third-order valence-corrected chi connectivity index (χ3v) is 1.71. The molecule has 0 atom stereocenters. The smallest absolute Gasteiger partial charge is 0.241 e. The van der Waals surface area contributed by atoms with E-state index >= 15 is 0 Å². The first kappa shape index (κ1) is 9.61. The maximum atomic E-state index is 10.4. The molecule has 4 heteroatoms. The Morgan fingerprint density at radius 1 is 1.46 bits per heavy atom. The highest BCUT2D eigenvalue weighted by Gasteiger charge is 1.95. The van der Waals surface area contributed by atoms with Gasteiger partial charge < -0.3 is 11.5 Å². The minimum atomic E-state index is -0.505. The van der Waals surface area contributed by atoms with Crippen molar-refractivity contribution in [3.05, 3.63) is 34.9 Å². The van der Waals surface area contributed by atoms with Crippen molar-refractivity contribution in [2.45, 2.75) is 0 Å². The molecule has 1 aromatic rings. The number of benzene rings is 1. The van der Waals surface area contributed by atoms with Gasteiger partial charge in [0.05, 0.1) is 0 Å². The minimum Gasteiger partial charge on any atom is -0.398 e. The maximum absolute atomic E-state index is 10.4. The number of halogens is 1. The van der Waals surface area contributed by atoms with E-state index < -0.39 is 5.91 Å². The molecule has 0 spiro atoms. The molecule has 0 radical (unpaired) electrons. The molecule has 0 aliphatic rings. The van der Waals surface area contributed by atoms with Gasteiger partial charge in [0.1, 0.15) is 0 Å². The van der Waals surface area contributed by atoms with Crippen molar-refractivity contribution >= 4 is 29.3 Å². The summed E-state index contributed by atoms with van der Waals surface area (Å²) >= 11 is 5.68. The number of nitrogens with two attached hydrogens (primary N) is 2. The molecular formula is C9H9ClN2O. The van der Waals surface area contributed by atoms with Crippen molar-refractivity contribution < 1.29 is 4.79 Å². The topological polar surface area (TPSA) is 69.1 Å². The fourth-order valence-electron chi connectivity index (χ4n) is 0.869. The quantitative estimate of drug-likeness (QED) is 0.555. The third kappa shape index (κ3) is 2.80. The average Bonchev–Trinajstić information content (AvgIpc) is 2.02. The van der Waals surface area contributed by atoms with Crippen LogP contribution in [-0.2, 0) is 4.79 Å². The number of hydrogen-bond donors (Lipinski definition) is 2. The Bertz CT molecular complexity index is 361. The molecule has 0 bridgehead atoms. The molecule has 1 amide bonds. The first-order chi connectivity index (χ1) is 6.09. The summed E-state index contributed by atoms with van der Waals surface area (Å²) in [5, 5.41) is 0.564. The standard InChI is InChI=1S/C9H9ClN2O/c10-7-3-1-6(8(11)5-7)2-4-9(12)13/h1-5H,11H2,(H2,12,13). The second-order valence-corrected chi connectivity index (χ2v) is 2.95. The van der Waals surface area contributed by atoms with Crippen LogP contribution in [0.15, 0.2) is 24.3 Å². The van der Waals surface area contributed by atoms with E-state index in [2.05, 4.69) is 0 Å². The number of hydrogen-bond acceptors (Lipinski definition) is 2. The molecule has 0 unspecified atom stereocenters. The fraction of sp³-hybridized carbons (Fsp3) is 0. The van der Waals surface area contributed by atoms with E-state index in [-0.39, 0.29) is 0 Å². The summed E-state index contributed by atoms with van der Waals surface area (Å²) in [6, 6.07) is 5.03. The zero-order chi connectivity index (χ0) is 9.84. The van der Waals surface area contributed by atoms with Crippen molar-refractivity contribution in [3.8, 4) is 0 Å². The minimum absolute atomic E-state index is 0.505. The van der Waals surface area contributed by atoms with Gasteiger partial charge in [-0.15, -0.1) is 0 Å². The van der Waals surface area contributed by atoms with E-state index in [1.165, 1.54) is 6.08 Å². The van der Waals surface area contributed by atoms with Crippen LogP contribution in [0.4, 0.5) is 5.69 Å². The van der Waals surface area contributed by atoms with E-state index in [0.717, 1.165) is 5.56 Å². The Balaban J connectivity index is 2.96. The second kappa shape index (κ2) is 3.96. The Labute approximate surface area is 81.0 Å². The molecule has 1 aromatic carbocycles. The third-order valence-electron chi connectivity index (χ3n) is 1.48. The van der Waals surface area contributed by atoms with Crippen LogP contribution in [0.5, 0.6) is 0 Å². The van der Waals surface area contributed by atoms with Gasteiger partial charge in [0, 0.05) is 16.8 Å². The zero-order valence-electron chi connectivity index (χ0n) is 6.83. The summed E-state index contributed by atoms with van der Waals surface area (Å²) in [5.41, 5.74) is 11.8. The van der Waals surface area contributed by atoms with Gasteiger partial charge in [-0.1, -0.05) is 17.7 Å². The molecule has 0 saturated carbocycles. The molecule has 0 aliphatic carbocycles. The van der Waals surface area contributed by atoms with Gasteiger partial charge in [-0.2, -0.15) is 0 Å². The number of anilines is 1. The highest BCUT2D eigenvalue weighted by molar-refractivity contribution is 6.30. The fourth-order valence-corrected chi connectivity index (χ4v) is 1.05. The molecule has 0 aromatic heterocycles. The number of amides is 1. The van der Waals surface area contributed by atoms with E-state index in [1.807, 2.05) is 0 Å². The molecule has 3 nitrogen and oxygen atoms in total. The normalized spacial score (nSPS) is 10.5. The van der Waals surface area contributed by atoms with Crippen LogP contribution < -0.4 is 11.5 Å². The van der Waals surface area contributed by atoms with Gasteiger partial charge in [0.2, 0.25) is 5.91 Å². The van der Waals surface area contributed by atoms with Crippen LogP contribution in [0.2, 0.25) is 5.02 Å². The molecular weight excluding hydrogens is 188 g/mol. The van der Waals surface area contributed by atoms with E-state index in [1.54, 1.807) is 24.3 Å². The van der Waals surface area contributed by atoms with Gasteiger partial charge in [-0.3, -0.25) is 4.79 Å². The van der Waals surface area contributed by atoms with Crippen LogP contribution in [-0.4, -0.2) is 5.91 Å². The van der Waals surface area contributed by atoms with Crippen LogP contribution in [0.3, 0.4) is 0 Å². The molecule has 0 fully saturated rings. The zero-order valence-corrected chi connectivity index (χ0v) is 7.58. The van der Waals surface area contributed by atoms with Crippen molar-refractivity contribution in [3.63, 3.8) is 0 Å². The predicted molar refractivity (Wildman–Crippen MR) is 54.1 cm³/mol. The van der Waals surface area contributed by atoms with Gasteiger partial charge in [0.25, 0.3) is 0 Å². The van der Waals surface area contributed by atoms with Gasteiger partial charge >= 0.3 is 0 Å². The molecule has 4 N–H and O–H groups in total. The van der Waals surface area contributed by atoms with Crippen LogP contribution in [0.25, 0.3) is 6.08 Å². The Morgan fingerprint density at radius 2 is 2.15 bits per heavy atom. The monoisotopic (exact) mass is 196 g/mol. The van der Waals surface area contributed by atoms with Crippen molar-refractivity contribution in [2.75, 3.05) is 5.73 Å².